The van der Waals surface area contributed by atoms with Crippen molar-refractivity contribution in [3.63, 3.8) is 0 Å². The predicted molar refractivity (Wildman–Crippen MR) is 136 cm³/mol. The first kappa shape index (κ1) is 25.3. The Labute approximate surface area is 211 Å². The number of carbonyl (C=O) groups excluding carboxylic acids is 3. The number of rotatable bonds is 5. The van der Waals surface area contributed by atoms with E-state index in [0.717, 1.165) is 30.8 Å². The van der Waals surface area contributed by atoms with E-state index in [0.29, 0.717) is 50.5 Å². The third kappa shape index (κ3) is 6.45. The second kappa shape index (κ2) is 12.3. The number of carbonyl (C=O) groups is 3. The van der Waals surface area contributed by atoms with Crippen molar-refractivity contribution in [3.8, 4) is 0 Å². The van der Waals surface area contributed by atoms with Gasteiger partial charge < -0.3 is 29.5 Å². The van der Waals surface area contributed by atoms with Crippen LogP contribution in [-0.4, -0.2) is 87.4 Å². The third-order valence-corrected chi connectivity index (χ3v) is 6.37. The van der Waals surface area contributed by atoms with Crippen molar-refractivity contribution >= 4 is 29.5 Å². The first-order valence-corrected chi connectivity index (χ1v) is 12.2. The van der Waals surface area contributed by atoms with Crippen molar-refractivity contribution in [2.75, 3.05) is 69.7 Å². The summed E-state index contributed by atoms with van der Waals surface area (Å²) in [6, 6.07) is 14.8. The summed E-state index contributed by atoms with van der Waals surface area (Å²) in [5, 5.41) is 6.15. The molecule has 2 aromatic rings. The molecule has 2 aromatic carbocycles. The van der Waals surface area contributed by atoms with Crippen molar-refractivity contribution in [1.82, 2.24) is 15.1 Å². The Kier molecular flexibility index (Phi) is 8.62. The quantitative estimate of drug-likeness (QED) is 0.658. The molecule has 2 saturated heterocycles. The zero-order valence-corrected chi connectivity index (χ0v) is 20.6. The summed E-state index contributed by atoms with van der Waals surface area (Å²) in [6.45, 7) is 5.22. The molecule has 10 heteroatoms. The van der Waals surface area contributed by atoms with Crippen LogP contribution in [0, 0.1) is 0 Å². The average molecular weight is 496 g/mol. The van der Waals surface area contributed by atoms with Crippen LogP contribution in [0.15, 0.2) is 48.5 Å². The number of piperazine rings is 1. The van der Waals surface area contributed by atoms with Crippen LogP contribution < -0.4 is 15.5 Å². The maximum absolute atomic E-state index is 13.2. The molecule has 0 saturated carbocycles. The fourth-order valence-corrected chi connectivity index (χ4v) is 4.40. The number of hydrogen-bond donors (Lipinski definition) is 2. The second-order valence-corrected chi connectivity index (χ2v) is 8.76. The van der Waals surface area contributed by atoms with E-state index in [2.05, 4.69) is 15.5 Å². The summed E-state index contributed by atoms with van der Waals surface area (Å²) in [6.07, 6.45) is -0.0622. The number of ether oxygens (including phenoxy) is 2. The van der Waals surface area contributed by atoms with E-state index < -0.39 is 6.09 Å². The minimum atomic E-state index is -0.600. The summed E-state index contributed by atoms with van der Waals surface area (Å²) in [5.74, 6) is -0.0681. The minimum absolute atomic E-state index is 0.0681. The average Bonchev–Trinajstić information content (AvgIpc) is 3.21. The molecule has 0 bridgehead atoms. The van der Waals surface area contributed by atoms with Gasteiger partial charge in [0.05, 0.1) is 18.5 Å². The zero-order chi connectivity index (χ0) is 25.3. The molecule has 0 spiro atoms. The largest absolute Gasteiger partial charge is 0.453 e. The number of amides is 3. The van der Waals surface area contributed by atoms with Crippen LogP contribution in [0.2, 0.25) is 0 Å². The van der Waals surface area contributed by atoms with E-state index in [4.69, 9.17) is 9.47 Å². The van der Waals surface area contributed by atoms with E-state index in [-0.39, 0.29) is 18.6 Å². The van der Waals surface area contributed by atoms with Gasteiger partial charge >= 0.3 is 12.2 Å². The summed E-state index contributed by atoms with van der Waals surface area (Å²) in [5.41, 5.74) is 2.65. The van der Waals surface area contributed by atoms with Crippen molar-refractivity contribution in [1.29, 1.82) is 0 Å². The van der Waals surface area contributed by atoms with Gasteiger partial charge in [-0.15, -0.1) is 0 Å². The molecule has 0 aliphatic carbocycles. The van der Waals surface area contributed by atoms with Gasteiger partial charge in [-0.25, -0.2) is 9.59 Å². The number of methoxy groups -OCH3 is 1. The Morgan fingerprint density at radius 1 is 0.917 bits per heavy atom. The van der Waals surface area contributed by atoms with Crippen LogP contribution in [0.3, 0.4) is 0 Å². The first-order valence-electron chi connectivity index (χ1n) is 12.2. The topological polar surface area (TPSA) is 103 Å². The van der Waals surface area contributed by atoms with Gasteiger partial charge in [-0.1, -0.05) is 30.3 Å². The van der Waals surface area contributed by atoms with Gasteiger partial charge in [-0.2, -0.15) is 0 Å². The van der Waals surface area contributed by atoms with E-state index in [1.54, 1.807) is 17.0 Å². The molecule has 36 heavy (non-hydrogen) atoms. The Morgan fingerprint density at radius 3 is 2.44 bits per heavy atom. The number of nitrogens with zero attached hydrogens (tertiary/aromatic N) is 3. The Balaban J connectivity index is 1.51. The lowest BCUT2D eigenvalue weighted by atomic mass is 10.1. The van der Waals surface area contributed by atoms with Crippen molar-refractivity contribution in [2.45, 2.75) is 13.0 Å². The lowest BCUT2D eigenvalue weighted by Gasteiger charge is -2.36. The molecule has 2 N–H and O–H groups in total. The van der Waals surface area contributed by atoms with Gasteiger partial charge in [0, 0.05) is 51.4 Å². The van der Waals surface area contributed by atoms with Gasteiger partial charge in [-0.05, 0) is 36.7 Å². The molecule has 0 unspecified atom stereocenters. The number of benzene rings is 2. The standard InChI is InChI=1S/C26H33N5O5/c1-35-26(34)31-16-14-29(15-17-31)23-9-8-21(24(32)30-12-5-10-27-11-13-30)18-22(23)28-25(33)36-19-20-6-3-2-4-7-20/h2-4,6-9,18,27H,5,10-17,19H2,1H3,(H,28,33). The predicted octanol–water partition coefficient (Wildman–Crippen LogP) is 2.76. The highest BCUT2D eigenvalue weighted by Crippen LogP contribution is 2.29. The van der Waals surface area contributed by atoms with Gasteiger partial charge in [0.25, 0.3) is 5.91 Å². The molecule has 10 nitrogen and oxygen atoms in total. The van der Waals surface area contributed by atoms with Crippen LogP contribution in [0.1, 0.15) is 22.3 Å². The van der Waals surface area contributed by atoms with E-state index in [1.165, 1.54) is 7.11 Å². The molecule has 2 aliphatic heterocycles. The third-order valence-electron chi connectivity index (χ3n) is 6.37. The molecule has 0 radical (unpaired) electrons. The fourth-order valence-electron chi connectivity index (χ4n) is 4.40. The van der Waals surface area contributed by atoms with Crippen LogP contribution in [0.25, 0.3) is 0 Å². The van der Waals surface area contributed by atoms with E-state index in [9.17, 15) is 14.4 Å². The molecule has 4 rings (SSSR count). The van der Waals surface area contributed by atoms with Crippen molar-refractivity contribution in [2.24, 2.45) is 0 Å². The molecule has 2 aliphatic rings. The van der Waals surface area contributed by atoms with Gasteiger partial charge in [0.2, 0.25) is 0 Å². The van der Waals surface area contributed by atoms with Crippen LogP contribution >= 0.6 is 0 Å². The fraction of sp³-hybridized carbons (Fsp3) is 0.423. The lowest BCUT2D eigenvalue weighted by Crippen LogP contribution is -2.49. The Morgan fingerprint density at radius 2 is 1.69 bits per heavy atom. The molecule has 0 aromatic heterocycles. The van der Waals surface area contributed by atoms with Gasteiger partial charge in [0.1, 0.15) is 6.61 Å². The normalized spacial score (nSPS) is 16.2. The number of hydrogen-bond acceptors (Lipinski definition) is 7. The van der Waals surface area contributed by atoms with Crippen molar-refractivity contribution in [3.05, 3.63) is 59.7 Å². The lowest BCUT2D eigenvalue weighted by molar-refractivity contribution is 0.0766. The summed E-state index contributed by atoms with van der Waals surface area (Å²) in [4.78, 5) is 43.4. The monoisotopic (exact) mass is 495 g/mol. The highest BCUT2D eigenvalue weighted by molar-refractivity contribution is 5.98. The summed E-state index contributed by atoms with van der Waals surface area (Å²) >= 11 is 0. The maximum Gasteiger partial charge on any atom is 0.412 e. The minimum Gasteiger partial charge on any atom is -0.453 e. The smallest absolute Gasteiger partial charge is 0.412 e. The summed E-state index contributed by atoms with van der Waals surface area (Å²) in [7, 11) is 1.37. The Bertz CT molecular complexity index is 1050. The highest BCUT2D eigenvalue weighted by Gasteiger charge is 2.25. The molecule has 2 heterocycles. The number of anilines is 2. The zero-order valence-electron chi connectivity index (χ0n) is 20.6. The first-order chi connectivity index (χ1) is 17.5. The molecule has 0 atom stereocenters. The van der Waals surface area contributed by atoms with Crippen LogP contribution in [0.4, 0.5) is 21.0 Å². The molecule has 3 amide bonds. The molecule has 2 fully saturated rings. The van der Waals surface area contributed by atoms with Gasteiger partial charge in [-0.3, -0.25) is 10.1 Å². The SMILES string of the molecule is COC(=O)N1CCN(c2ccc(C(=O)N3CCCNCC3)cc2NC(=O)OCc2ccccc2)CC1. The summed E-state index contributed by atoms with van der Waals surface area (Å²) < 4.78 is 10.3. The second-order valence-electron chi connectivity index (χ2n) is 8.76. The van der Waals surface area contributed by atoms with E-state index in [1.807, 2.05) is 41.3 Å². The van der Waals surface area contributed by atoms with Crippen LogP contribution in [0.5, 0.6) is 0 Å². The molecular weight excluding hydrogens is 462 g/mol. The van der Waals surface area contributed by atoms with Crippen molar-refractivity contribution < 1.29 is 23.9 Å². The molecule has 192 valence electrons. The highest BCUT2D eigenvalue weighted by atomic mass is 16.5. The Hall–Kier alpha value is -3.79. The van der Waals surface area contributed by atoms with Gasteiger partial charge in [0.15, 0.2) is 0 Å². The molecular formula is C26H33N5O5. The maximum atomic E-state index is 13.2. The van der Waals surface area contributed by atoms with Crippen LogP contribution in [-0.2, 0) is 16.1 Å². The number of nitrogens with one attached hydrogen (secondary N) is 2. The van der Waals surface area contributed by atoms with E-state index >= 15 is 0 Å².